The number of hydrogen-bond donors (Lipinski definition) is 3. The molecule has 0 atom stereocenters. The molecule has 3 N–H and O–H groups in total. The summed E-state index contributed by atoms with van der Waals surface area (Å²) in [5, 5.41) is 9.60. The van der Waals surface area contributed by atoms with Gasteiger partial charge >= 0.3 is 0 Å². The molecule has 0 bridgehead atoms. The first-order valence-electron chi connectivity index (χ1n) is 6.88. The van der Waals surface area contributed by atoms with Crippen LogP contribution in [0.5, 0.6) is 5.75 Å². The highest BCUT2D eigenvalue weighted by molar-refractivity contribution is 5.99. The van der Waals surface area contributed by atoms with Crippen LogP contribution in [0.1, 0.15) is 26.4 Å². The molecule has 0 spiro atoms. The lowest BCUT2D eigenvalue weighted by Gasteiger charge is -2.06. The number of aromatic nitrogens is 2. The Kier molecular flexibility index (Phi) is 3.68. The van der Waals surface area contributed by atoms with Gasteiger partial charge in [0.05, 0.1) is 5.56 Å². The van der Waals surface area contributed by atoms with Crippen LogP contribution in [0.2, 0.25) is 0 Å². The van der Waals surface area contributed by atoms with E-state index in [1.54, 1.807) is 28.9 Å². The van der Waals surface area contributed by atoms with Crippen molar-refractivity contribution in [3.63, 3.8) is 0 Å². The average Bonchev–Trinajstić information content (AvgIpc) is 2.95. The van der Waals surface area contributed by atoms with E-state index in [4.69, 9.17) is 0 Å². The number of carbonyl (C=O) groups excluding carboxylic acids is 2. The second kappa shape index (κ2) is 5.80. The van der Waals surface area contributed by atoms with Gasteiger partial charge in [0.15, 0.2) is 0 Å². The second-order valence-electron chi connectivity index (χ2n) is 5.02. The molecule has 2 heterocycles. The van der Waals surface area contributed by atoms with Gasteiger partial charge in [0.1, 0.15) is 17.1 Å². The zero-order chi connectivity index (χ0) is 16.4. The minimum atomic E-state index is -0.615. The van der Waals surface area contributed by atoms with Gasteiger partial charge in [0, 0.05) is 12.4 Å². The monoisotopic (exact) mass is 310 g/mol. The molecule has 0 aliphatic carbocycles. The minimum Gasteiger partial charge on any atom is -0.507 e. The molecular formula is C16H14N4O3. The molecule has 1 aromatic carbocycles. The highest BCUT2D eigenvalue weighted by atomic mass is 16.3. The molecule has 3 aromatic rings. The number of rotatable bonds is 2. The highest BCUT2D eigenvalue weighted by Gasteiger charge is 2.14. The Morgan fingerprint density at radius 3 is 2.65 bits per heavy atom. The molecule has 2 aromatic heterocycles. The Hall–Kier alpha value is -3.35. The number of hydrogen-bond acceptors (Lipinski definition) is 4. The SMILES string of the molecule is Cc1ccn2cc(C(=O)NNC(=O)c3ccccc3O)nc2c1. The average molecular weight is 310 g/mol. The van der Waals surface area contributed by atoms with Crippen LogP contribution < -0.4 is 10.9 Å². The molecule has 0 unspecified atom stereocenters. The number of pyridine rings is 1. The predicted octanol–water partition coefficient (Wildman–Crippen LogP) is 1.42. The highest BCUT2D eigenvalue weighted by Crippen LogP contribution is 2.14. The van der Waals surface area contributed by atoms with E-state index in [-0.39, 0.29) is 17.0 Å². The molecule has 7 nitrogen and oxygen atoms in total. The lowest BCUT2D eigenvalue weighted by Crippen LogP contribution is -2.41. The first-order valence-corrected chi connectivity index (χ1v) is 6.88. The fourth-order valence-electron chi connectivity index (χ4n) is 2.10. The van der Waals surface area contributed by atoms with E-state index in [9.17, 15) is 14.7 Å². The van der Waals surface area contributed by atoms with Crippen LogP contribution in [0.25, 0.3) is 5.65 Å². The first kappa shape index (κ1) is 14.6. The molecule has 7 heteroatoms. The van der Waals surface area contributed by atoms with Crippen molar-refractivity contribution < 1.29 is 14.7 Å². The van der Waals surface area contributed by atoms with Gasteiger partial charge in [-0.3, -0.25) is 20.4 Å². The van der Waals surface area contributed by atoms with Gasteiger partial charge in [0.2, 0.25) is 0 Å². The lowest BCUT2D eigenvalue weighted by molar-refractivity contribution is 0.0842. The number of aryl methyl sites for hydroxylation is 1. The Morgan fingerprint density at radius 2 is 1.87 bits per heavy atom. The number of fused-ring (bicyclic) bond motifs is 1. The number of nitrogens with zero attached hydrogens (tertiary/aromatic N) is 2. The van der Waals surface area contributed by atoms with E-state index in [1.165, 1.54) is 12.1 Å². The van der Waals surface area contributed by atoms with Crippen LogP contribution in [-0.2, 0) is 0 Å². The summed E-state index contributed by atoms with van der Waals surface area (Å²) in [6.45, 7) is 1.93. The maximum Gasteiger partial charge on any atom is 0.289 e. The zero-order valence-corrected chi connectivity index (χ0v) is 12.3. The second-order valence-corrected chi connectivity index (χ2v) is 5.02. The molecular weight excluding hydrogens is 296 g/mol. The summed E-state index contributed by atoms with van der Waals surface area (Å²) in [7, 11) is 0. The van der Waals surface area contributed by atoms with Crippen molar-refractivity contribution in [3.8, 4) is 5.75 Å². The van der Waals surface area contributed by atoms with Crippen molar-refractivity contribution in [1.82, 2.24) is 20.2 Å². The first-order chi connectivity index (χ1) is 11.0. The van der Waals surface area contributed by atoms with Crippen molar-refractivity contribution >= 4 is 17.5 Å². The molecule has 2 amide bonds. The summed E-state index contributed by atoms with van der Waals surface area (Å²) in [5.74, 6) is -1.33. The third-order valence-corrected chi connectivity index (χ3v) is 3.29. The smallest absolute Gasteiger partial charge is 0.289 e. The topological polar surface area (TPSA) is 95.7 Å². The van der Waals surface area contributed by atoms with Crippen LogP contribution in [-0.4, -0.2) is 26.3 Å². The quantitative estimate of drug-likeness (QED) is 0.624. The number of carbonyl (C=O) groups is 2. The predicted molar refractivity (Wildman–Crippen MR) is 83.0 cm³/mol. The van der Waals surface area contributed by atoms with Crippen LogP contribution in [0.15, 0.2) is 48.8 Å². The summed E-state index contributed by atoms with van der Waals surface area (Å²) < 4.78 is 1.72. The molecule has 116 valence electrons. The van der Waals surface area contributed by atoms with E-state index < -0.39 is 11.8 Å². The van der Waals surface area contributed by atoms with Gasteiger partial charge in [0.25, 0.3) is 11.8 Å². The molecule has 0 radical (unpaired) electrons. The number of hydrazine groups is 1. The molecule has 23 heavy (non-hydrogen) atoms. The van der Waals surface area contributed by atoms with Crippen LogP contribution in [0.4, 0.5) is 0 Å². The Morgan fingerprint density at radius 1 is 1.13 bits per heavy atom. The fourth-order valence-corrected chi connectivity index (χ4v) is 2.10. The molecule has 3 rings (SSSR count). The number of nitrogens with one attached hydrogen (secondary N) is 2. The Bertz CT molecular complexity index is 901. The van der Waals surface area contributed by atoms with E-state index >= 15 is 0 Å². The molecule has 0 fully saturated rings. The number of imidazole rings is 1. The van der Waals surface area contributed by atoms with Gasteiger partial charge in [-0.15, -0.1) is 0 Å². The minimum absolute atomic E-state index is 0.0680. The summed E-state index contributed by atoms with van der Waals surface area (Å²) in [6, 6.07) is 9.80. The van der Waals surface area contributed by atoms with Crippen molar-refractivity contribution in [1.29, 1.82) is 0 Å². The van der Waals surface area contributed by atoms with Crippen molar-refractivity contribution in [2.45, 2.75) is 6.92 Å². The van der Waals surface area contributed by atoms with Gasteiger partial charge in [-0.2, -0.15) is 0 Å². The molecule has 0 aliphatic rings. The Balaban J connectivity index is 1.71. The number of amides is 2. The fraction of sp³-hybridized carbons (Fsp3) is 0.0625. The number of para-hydroxylation sites is 1. The van der Waals surface area contributed by atoms with Gasteiger partial charge in [-0.1, -0.05) is 12.1 Å². The van der Waals surface area contributed by atoms with E-state index in [0.29, 0.717) is 5.65 Å². The summed E-state index contributed by atoms with van der Waals surface area (Å²) >= 11 is 0. The summed E-state index contributed by atoms with van der Waals surface area (Å²) in [4.78, 5) is 28.2. The van der Waals surface area contributed by atoms with Crippen LogP contribution in [0, 0.1) is 6.92 Å². The van der Waals surface area contributed by atoms with Crippen LogP contribution >= 0.6 is 0 Å². The maximum absolute atomic E-state index is 12.1. The van der Waals surface area contributed by atoms with Gasteiger partial charge in [-0.05, 0) is 36.8 Å². The lowest BCUT2D eigenvalue weighted by atomic mass is 10.2. The number of aromatic hydroxyl groups is 1. The summed E-state index contributed by atoms with van der Waals surface area (Å²) in [6.07, 6.45) is 3.37. The number of phenols is 1. The van der Waals surface area contributed by atoms with E-state index in [1.807, 2.05) is 19.1 Å². The third-order valence-electron chi connectivity index (χ3n) is 3.29. The van der Waals surface area contributed by atoms with Crippen molar-refractivity contribution in [2.24, 2.45) is 0 Å². The molecule has 0 saturated carbocycles. The van der Waals surface area contributed by atoms with Crippen LogP contribution in [0.3, 0.4) is 0 Å². The number of phenolic OH excluding ortho intramolecular Hbond substituents is 1. The number of benzene rings is 1. The van der Waals surface area contributed by atoms with Gasteiger partial charge < -0.3 is 9.51 Å². The van der Waals surface area contributed by atoms with Crippen molar-refractivity contribution in [2.75, 3.05) is 0 Å². The normalized spacial score (nSPS) is 10.5. The molecule has 0 saturated heterocycles. The Labute approximate surface area is 131 Å². The summed E-state index contributed by atoms with van der Waals surface area (Å²) in [5.41, 5.74) is 6.43. The van der Waals surface area contributed by atoms with E-state index in [2.05, 4.69) is 15.8 Å². The van der Waals surface area contributed by atoms with E-state index in [0.717, 1.165) is 5.56 Å². The zero-order valence-electron chi connectivity index (χ0n) is 12.3. The largest absolute Gasteiger partial charge is 0.507 e. The molecule has 0 aliphatic heterocycles. The third kappa shape index (κ3) is 2.98. The van der Waals surface area contributed by atoms with Gasteiger partial charge in [-0.25, -0.2) is 4.98 Å². The standard InChI is InChI=1S/C16H14N4O3/c1-10-6-7-20-9-12(17-14(20)8-10)16(23)19-18-15(22)11-4-2-3-5-13(11)21/h2-9,21H,1H3,(H,18,22)(H,19,23). The maximum atomic E-state index is 12.1. The van der Waals surface area contributed by atoms with Crippen molar-refractivity contribution in [3.05, 3.63) is 65.6 Å².